The van der Waals surface area contributed by atoms with Crippen LogP contribution in [0, 0.1) is 11.8 Å². The summed E-state index contributed by atoms with van der Waals surface area (Å²) in [5, 5.41) is 11.4. The van der Waals surface area contributed by atoms with E-state index in [-0.39, 0.29) is 0 Å². The molecule has 2 aromatic carbocycles. The van der Waals surface area contributed by atoms with Crippen LogP contribution in [0.2, 0.25) is 0 Å². The fraction of sp³-hybridized carbons (Fsp3) is 0.364. The molecule has 3 heteroatoms. The molecule has 1 N–H and O–H groups in total. The molecule has 1 aliphatic rings. The molecule has 0 spiro atoms. The second kappa shape index (κ2) is 8.31. The van der Waals surface area contributed by atoms with Gasteiger partial charge in [-0.3, -0.25) is 4.90 Å². The predicted molar refractivity (Wildman–Crippen MR) is 102 cm³/mol. The Kier molecular flexibility index (Phi) is 5.88. The third-order valence-corrected chi connectivity index (χ3v) is 4.87. The van der Waals surface area contributed by atoms with Crippen molar-refractivity contribution in [3.63, 3.8) is 0 Å². The number of benzene rings is 2. The molecule has 0 bridgehead atoms. The smallest absolute Gasteiger partial charge is 0.125 e. The van der Waals surface area contributed by atoms with Crippen LogP contribution in [-0.4, -0.2) is 54.7 Å². The van der Waals surface area contributed by atoms with Crippen LogP contribution in [0.5, 0.6) is 0 Å². The van der Waals surface area contributed by atoms with Gasteiger partial charge in [0.2, 0.25) is 0 Å². The van der Waals surface area contributed by atoms with Crippen molar-refractivity contribution >= 4 is 0 Å². The number of aliphatic hydroxyl groups is 1. The highest BCUT2D eigenvalue weighted by Crippen LogP contribution is 2.32. The van der Waals surface area contributed by atoms with Crippen molar-refractivity contribution in [2.45, 2.75) is 12.0 Å². The maximum absolute atomic E-state index is 11.4. The van der Waals surface area contributed by atoms with Crippen LogP contribution in [0.15, 0.2) is 60.7 Å². The topological polar surface area (TPSA) is 26.7 Å². The Morgan fingerprint density at radius 3 is 1.88 bits per heavy atom. The van der Waals surface area contributed by atoms with Crippen LogP contribution in [0.1, 0.15) is 17.5 Å². The Labute approximate surface area is 150 Å². The molecule has 3 rings (SSSR count). The second-order valence-electron chi connectivity index (χ2n) is 6.70. The van der Waals surface area contributed by atoms with Crippen molar-refractivity contribution in [2.75, 3.05) is 39.8 Å². The van der Waals surface area contributed by atoms with Gasteiger partial charge in [0.05, 0.1) is 6.54 Å². The Morgan fingerprint density at radius 2 is 1.36 bits per heavy atom. The van der Waals surface area contributed by atoms with Gasteiger partial charge in [-0.15, -0.1) is 0 Å². The Morgan fingerprint density at radius 1 is 0.840 bits per heavy atom. The van der Waals surface area contributed by atoms with Crippen molar-refractivity contribution in [3.8, 4) is 11.8 Å². The summed E-state index contributed by atoms with van der Waals surface area (Å²) >= 11 is 0. The monoisotopic (exact) mass is 334 g/mol. The summed E-state index contributed by atoms with van der Waals surface area (Å²) in [6.07, 6.45) is 0.398. The van der Waals surface area contributed by atoms with Gasteiger partial charge >= 0.3 is 0 Å². The van der Waals surface area contributed by atoms with Crippen LogP contribution in [-0.2, 0) is 5.60 Å². The number of hydrogen-bond acceptors (Lipinski definition) is 3. The number of nitrogens with zero attached hydrogens (tertiary/aromatic N) is 2. The van der Waals surface area contributed by atoms with Crippen molar-refractivity contribution in [1.29, 1.82) is 0 Å². The summed E-state index contributed by atoms with van der Waals surface area (Å²) in [7, 11) is 2.16. The van der Waals surface area contributed by atoms with Gasteiger partial charge in [-0.05, 0) is 18.2 Å². The second-order valence-corrected chi connectivity index (χ2v) is 6.70. The molecule has 2 aromatic rings. The molecule has 25 heavy (non-hydrogen) atoms. The molecule has 1 fully saturated rings. The lowest BCUT2D eigenvalue weighted by Crippen LogP contribution is -2.44. The summed E-state index contributed by atoms with van der Waals surface area (Å²) in [6, 6.07) is 19.6. The van der Waals surface area contributed by atoms with Gasteiger partial charge in [0.1, 0.15) is 5.60 Å². The lowest BCUT2D eigenvalue weighted by atomic mass is 9.84. The highest BCUT2D eigenvalue weighted by Gasteiger charge is 2.30. The van der Waals surface area contributed by atoms with E-state index in [0.717, 1.165) is 43.9 Å². The van der Waals surface area contributed by atoms with Gasteiger partial charge in [0.25, 0.3) is 0 Å². The van der Waals surface area contributed by atoms with Crippen molar-refractivity contribution in [1.82, 2.24) is 9.80 Å². The molecule has 1 aliphatic heterocycles. The zero-order chi connectivity index (χ0) is 17.5. The van der Waals surface area contributed by atoms with E-state index in [1.165, 1.54) is 0 Å². The minimum absolute atomic E-state index is 0.398. The van der Waals surface area contributed by atoms with Crippen LogP contribution >= 0.6 is 0 Å². The molecule has 0 atom stereocenters. The largest absolute Gasteiger partial charge is 0.379 e. The SMILES string of the molecule is CN1CCN(CC#CCC(O)(c2ccccc2)c2ccccc2)CC1. The molecule has 0 amide bonds. The molecular formula is C22H26N2O. The maximum atomic E-state index is 11.4. The Bertz CT molecular complexity index is 670. The molecule has 0 aromatic heterocycles. The van der Waals surface area contributed by atoms with E-state index >= 15 is 0 Å². The fourth-order valence-corrected chi connectivity index (χ4v) is 3.16. The highest BCUT2D eigenvalue weighted by atomic mass is 16.3. The molecule has 3 nitrogen and oxygen atoms in total. The first-order valence-electron chi connectivity index (χ1n) is 8.88. The van der Waals surface area contributed by atoms with E-state index < -0.39 is 5.60 Å². The average molecular weight is 334 g/mol. The standard InChI is InChI=1S/C22H26N2O/c1-23-16-18-24(19-17-23)15-9-8-14-22(25,20-10-4-2-5-11-20)21-12-6-3-7-13-21/h2-7,10-13,25H,14-19H2,1H3. The molecule has 1 saturated heterocycles. The van der Waals surface area contributed by atoms with Crippen molar-refractivity contribution in [2.24, 2.45) is 0 Å². The summed E-state index contributed by atoms with van der Waals surface area (Å²) in [5.41, 5.74) is 0.697. The number of hydrogen-bond donors (Lipinski definition) is 1. The number of likely N-dealkylation sites (N-methyl/N-ethyl adjacent to an activating group) is 1. The van der Waals surface area contributed by atoms with Crippen LogP contribution in [0.3, 0.4) is 0 Å². The van der Waals surface area contributed by atoms with E-state index in [0.29, 0.717) is 6.42 Å². The fourth-order valence-electron chi connectivity index (χ4n) is 3.16. The first-order chi connectivity index (χ1) is 12.2. The Balaban J connectivity index is 1.73. The summed E-state index contributed by atoms with van der Waals surface area (Å²) in [6.45, 7) is 5.09. The van der Waals surface area contributed by atoms with Gasteiger partial charge < -0.3 is 10.0 Å². The first-order valence-corrected chi connectivity index (χ1v) is 8.88. The maximum Gasteiger partial charge on any atom is 0.125 e. The first kappa shape index (κ1) is 17.7. The lowest BCUT2D eigenvalue weighted by molar-refractivity contribution is 0.0864. The predicted octanol–water partition coefficient (Wildman–Crippen LogP) is 2.56. The van der Waals surface area contributed by atoms with Gasteiger partial charge in [-0.25, -0.2) is 0 Å². The van der Waals surface area contributed by atoms with Crippen molar-refractivity contribution in [3.05, 3.63) is 71.8 Å². The molecule has 0 saturated carbocycles. The highest BCUT2D eigenvalue weighted by molar-refractivity contribution is 5.37. The van der Waals surface area contributed by atoms with Crippen LogP contribution < -0.4 is 0 Å². The average Bonchev–Trinajstić information content (AvgIpc) is 2.68. The molecule has 0 radical (unpaired) electrons. The molecule has 0 unspecified atom stereocenters. The minimum atomic E-state index is -1.07. The van der Waals surface area contributed by atoms with E-state index in [1.807, 2.05) is 60.7 Å². The lowest BCUT2D eigenvalue weighted by Gasteiger charge is -2.31. The third-order valence-electron chi connectivity index (χ3n) is 4.87. The van der Waals surface area contributed by atoms with E-state index in [2.05, 4.69) is 28.7 Å². The number of rotatable bonds is 4. The van der Waals surface area contributed by atoms with Gasteiger partial charge in [0, 0.05) is 32.6 Å². The van der Waals surface area contributed by atoms with Gasteiger partial charge in [0.15, 0.2) is 0 Å². The Hall–Kier alpha value is -2.12. The zero-order valence-corrected chi connectivity index (χ0v) is 14.9. The van der Waals surface area contributed by atoms with E-state index in [1.54, 1.807) is 0 Å². The molecular weight excluding hydrogens is 308 g/mol. The van der Waals surface area contributed by atoms with E-state index in [9.17, 15) is 5.11 Å². The van der Waals surface area contributed by atoms with Crippen molar-refractivity contribution < 1.29 is 5.11 Å². The van der Waals surface area contributed by atoms with Crippen LogP contribution in [0.4, 0.5) is 0 Å². The normalized spacial score (nSPS) is 16.2. The summed E-state index contributed by atoms with van der Waals surface area (Å²) in [5.74, 6) is 6.49. The van der Waals surface area contributed by atoms with Crippen LogP contribution in [0.25, 0.3) is 0 Å². The van der Waals surface area contributed by atoms with Gasteiger partial charge in [-0.1, -0.05) is 72.5 Å². The summed E-state index contributed by atoms with van der Waals surface area (Å²) in [4.78, 5) is 4.71. The molecule has 0 aliphatic carbocycles. The quantitative estimate of drug-likeness (QED) is 0.871. The third kappa shape index (κ3) is 4.49. The molecule has 1 heterocycles. The van der Waals surface area contributed by atoms with Gasteiger partial charge in [-0.2, -0.15) is 0 Å². The number of piperazine rings is 1. The van der Waals surface area contributed by atoms with E-state index in [4.69, 9.17) is 0 Å². The molecule has 130 valence electrons. The zero-order valence-electron chi connectivity index (χ0n) is 14.9. The minimum Gasteiger partial charge on any atom is -0.379 e. The summed E-state index contributed by atoms with van der Waals surface area (Å²) < 4.78 is 0.